The predicted octanol–water partition coefficient (Wildman–Crippen LogP) is 5.87. The molecule has 1 aromatic carbocycles. The summed E-state index contributed by atoms with van der Waals surface area (Å²) >= 11 is 0. The van der Waals surface area contributed by atoms with E-state index < -0.39 is 20.4 Å². The van der Waals surface area contributed by atoms with Gasteiger partial charge in [-0.15, -0.1) is 0 Å². The average Bonchev–Trinajstić information content (AvgIpc) is 3.29. The smallest absolute Gasteiger partial charge is 0.305 e. The van der Waals surface area contributed by atoms with Crippen molar-refractivity contribution in [2.45, 2.75) is 96.0 Å². The average molecular weight is 504 g/mol. The van der Waals surface area contributed by atoms with E-state index in [1.807, 2.05) is 13.1 Å². The molecule has 35 heavy (non-hydrogen) atoms. The molecule has 2 aliphatic rings. The van der Waals surface area contributed by atoms with Gasteiger partial charge in [0.1, 0.15) is 5.82 Å². The molecule has 0 bridgehead atoms. The van der Waals surface area contributed by atoms with Crippen molar-refractivity contribution >= 4 is 31.7 Å². The molecule has 1 aromatic rings. The van der Waals surface area contributed by atoms with Crippen LogP contribution in [-0.2, 0) is 18.8 Å². The van der Waals surface area contributed by atoms with Gasteiger partial charge >= 0.3 is 5.97 Å². The van der Waals surface area contributed by atoms with E-state index in [1.54, 1.807) is 23.1 Å². The quantitative estimate of drug-likeness (QED) is 0.336. The standard InChI is InChI=1S/C27H38FNO5Si/c1-26(2,3)35(4,5)34-22(17-25(32)33)16-21(30)12-13-23-27(14-6-7-15-27)18-24(31)29(23)20-10-8-19(28)9-11-20/h8-13,22-23H,6-7,14-18H2,1-5H3,(H,32,33)/t22-,23+/m1/s1. The van der Waals surface area contributed by atoms with Gasteiger partial charge in [0, 0.05) is 23.9 Å². The van der Waals surface area contributed by atoms with Crippen LogP contribution < -0.4 is 4.90 Å². The lowest BCUT2D eigenvalue weighted by molar-refractivity contribution is -0.139. The van der Waals surface area contributed by atoms with Crippen molar-refractivity contribution < 1.29 is 28.3 Å². The van der Waals surface area contributed by atoms with Gasteiger partial charge in [0.05, 0.1) is 18.6 Å². The highest BCUT2D eigenvalue weighted by Gasteiger charge is 2.52. The number of carbonyl (C=O) groups is 3. The normalized spacial score (nSPS) is 21.3. The van der Waals surface area contributed by atoms with Crippen molar-refractivity contribution in [1.82, 2.24) is 0 Å². The van der Waals surface area contributed by atoms with Gasteiger partial charge in [-0.05, 0) is 61.3 Å². The Bertz CT molecular complexity index is 976. The first-order valence-corrected chi connectivity index (χ1v) is 15.3. The van der Waals surface area contributed by atoms with Crippen LogP contribution in [0.1, 0.15) is 65.7 Å². The van der Waals surface area contributed by atoms with Crippen molar-refractivity contribution in [3.63, 3.8) is 0 Å². The maximum atomic E-state index is 13.5. The van der Waals surface area contributed by atoms with Crippen molar-refractivity contribution in [3.05, 3.63) is 42.2 Å². The third-order valence-corrected chi connectivity index (χ3v) is 12.5. The first-order chi connectivity index (χ1) is 16.2. The van der Waals surface area contributed by atoms with Crippen LogP contribution in [0.5, 0.6) is 0 Å². The molecular weight excluding hydrogens is 465 g/mol. The highest BCUT2D eigenvalue weighted by molar-refractivity contribution is 6.74. The van der Waals surface area contributed by atoms with Gasteiger partial charge < -0.3 is 14.4 Å². The van der Waals surface area contributed by atoms with Gasteiger partial charge in [-0.3, -0.25) is 14.4 Å². The molecule has 1 aliphatic heterocycles. The van der Waals surface area contributed by atoms with E-state index in [2.05, 4.69) is 20.8 Å². The summed E-state index contributed by atoms with van der Waals surface area (Å²) in [4.78, 5) is 39.2. The number of hydrogen-bond acceptors (Lipinski definition) is 4. The predicted molar refractivity (Wildman–Crippen MR) is 136 cm³/mol. The molecule has 1 aliphatic carbocycles. The minimum atomic E-state index is -2.27. The van der Waals surface area contributed by atoms with Crippen molar-refractivity contribution in [2.75, 3.05) is 4.90 Å². The number of carbonyl (C=O) groups excluding carboxylic acids is 2. The first-order valence-electron chi connectivity index (χ1n) is 12.4. The Balaban J connectivity index is 1.82. The van der Waals surface area contributed by atoms with Crippen LogP contribution in [0, 0.1) is 11.2 Å². The second kappa shape index (κ2) is 10.3. The zero-order chi connectivity index (χ0) is 26.0. The molecule has 1 N–H and O–H groups in total. The Morgan fingerprint density at radius 1 is 1.20 bits per heavy atom. The van der Waals surface area contributed by atoms with Gasteiger partial charge in [0.25, 0.3) is 0 Å². The minimum absolute atomic E-state index is 0.0226. The van der Waals surface area contributed by atoms with Crippen LogP contribution in [0.4, 0.5) is 10.1 Å². The highest BCUT2D eigenvalue weighted by atomic mass is 28.4. The summed E-state index contributed by atoms with van der Waals surface area (Å²) in [5.41, 5.74) is 0.382. The summed E-state index contributed by atoms with van der Waals surface area (Å²) in [5.74, 6) is -1.61. The molecule has 6 nitrogen and oxygen atoms in total. The van der Waals surface area contributed by atoms with E-state index in [4.69, 9.17) is 4.43 Å². The summed E-state index contributed by atoms with van der Waals surface area (Å²) in [6.45, 7) is 10.3. The fourth-order valence-electron chi connectivity index (χ4n) is 5.10. The van der Waals surface area contributed by atoms with Crippen molar-refractivity contribution in [1.29, 1.82) is 0 Å². The molecule has 1 saturated carbocycles. The van der Waals surface area contributed by atoms with E-state index in [9.17, 15) is 23.9 Å². The number of carboxylic acids is 1. The molecule has 2 atom stereocenters. The second-order valence-corrected chi connectivity index (χ2v) is 16.3. The van der Waals surface area contributed by atoms with E-state index in [1.165, 1.54) is 18.2 Å². The minimum Gasteiger partial charge on any atom is -0.481 e. The topological polar surface area (TPSA) is 83.9 Å². The lowest BCUT2D eigenvalue weighted by atomic mass is 9.78. The molecule has 1 heterocycles. The molecule has 1 amide bonds. The van der Waals surface area contributed by atoms with Gasteiger partial charge in [-0.2, -0.15) is 0 Å². The monoisotopic (exact) mass is 503 g/mol. The van der Waals surface area contributed by atoms with Crippen LogP contribution in [0.2, 0.25) is 18.1 Å². The fourth-order valence-corrected chi connectivity index (χ4v) is 6.46. The molecule has 1 spiro atoms. The fraction of sp³-hybridized carbons (Fsp3) is 0.593. The van der Waals surface area contributed by atoms with Crippen molar-refractivity contribution in [2.24, 2.45) is 5.41 Å². The van der Waals surface area contributed by atoms with E-state index in [0.29, 0.717) is 12.1 Å². The Hall–Kier alpha value is -2.32. The third kappa shape index (κ3) is 6.28. The molecule has 8 heteroatoms. The SMILES string of the molecule is CC(C)(C)[Si](C)(C)O[C@@H](CC(=O)O)CC(=O)C=C[C@@H]1N(c2ccc(F)cc2)C(=O)CC12CCCC2. The lowest BCUT2D eigenvalue weighted by Crippen LogP contribution is -2.44. The number of aliphatic carboxylic acids is 1. The molecular formula is C27H38FNO5Si. The maximum Gasteiger partial charge on any atom is 0.305 e. The van der Waals surface area contributed by atoms with Gasteiger partial charge in [0.15, 0.2) is 14.1 Å². The number of anilines is 1. The molecule has 2 fully saturated rings. The number of halogens is 1. The second-order valence-electron chi connectivity index (χ2n) is 11.6. The van der Waals surface area contributed by atoms with Crippen LogP contribution in [0.15, 0.2) is 36.4 Å². The van der Waals surface area contributed by atoms with E-state index in [0.717, 1.165) is 25.7 Å². The van der Waals surface area contributed by atoms with Crippen LogP contribution >= 0.6 is 0 Å². The molecule has 0 radical (unpaired) electrons. The number of amides is 1. The summed E-state index contributed by atoms with van der Waals surface area (Å²) in [7, 11) is -2.27. The largest absolute Gasteiger partial charge is 0.481 e. The number of nitrogens with zero attached hydrogens (tertiary/aromatic N) is 1. The molecule has 0 unspecified atom stereocenters. The van der Waals surface area contributed by atoms with E-state index in [-0.39, 0.29) is 46.8 Å². The number of ketones is 1. The van der Waals surface area contributed by atoms with Crippen LogP contribution in [-0.4, -0.2) is 43.2 Å². The zero-order valence-electron chi connectivity index (χ0n) is 21.5. The number of benzene rings is 1. The Morgan fingerprint density at radius 3 is 2.34 bits per heavy atom. The highest BCUT2D eigenvalue weighted by Crippen LogP contribution is 2.51. The molecule has 192 valence electrons. The molecule has 3 rings (SSSR count). The third-order valence-electron chi connectivity index (χ3n) is 7.94. The van der Waals surface area contributed by atoms with Gasteiger partial charge in [-0.25, -0.2) is 4.39 Å². The van der Waals surface area contributed by atoms with Gasteiger partial charge in [-0.1, -0.05) is 39.7 Å². The maximum absolute atomic E-state index is 13.5. The number of carboxylic acid groups (broad SMARTS) is 1. The lowest BCUT2D eigenvalue weighted by Gasteiger charge is -2.39. The van der Waals surface area contributed by atoms with Gasteiger partial charge in [0.2, 0.25) is 5.91 Å². The Labute approximate surface area is 208 Å². The zero-order valence-corrected chi connectivity index (χ0v) is 22.5. The van der Waals surface area contributed by atoms with E-state index >= 15 is 0 Å². The first kappa shape index (κ1) is 27.3. The van der Waals surface area contributed by atoms with Crippen LogP contribution in [0.3, 0.4) is 0 Å². The number of hydrogen-bond donors (Lipinski definition) is 1. The molecule has 1 saturated heterocycles. The van der Waals surface area contributed by atoms with Crippen molar-refractivity contribution in [3.8, 4) is 0 Å². The number of rotatable bonds is 9. The number of allylic oxidation sites excluding steroid dienone is 1. The summed E-state index contributed by atoms with van der Waals surface area (Å²) in [6, 6.07) is 5.57. The Kier molecular flexibility index (Phi) is 8.06. The summed E-state index contributed by atoms with van der Waals surface area (Å²) in [5, 5.41) is 9.27. The summed E-state index contributed by atoms with van der Waals surface area (Å²) in [6.07, 6.45) is 6.59. The Morgan fingerprint density at radius 2 is 1.80 bits per heavy atom. The van der Waals surface area contributed by atoms with Crippen LogP contribution in [0.25, 0.3) is 0 Å². The summed E-state index contributed by atoms with van der Waals surface area (Å²) < 4.78 is 19.8. The molecule has 0 aromatic heterocycles.